The smallest absolute Gasteiger partial charge is 0.328 e. The third kappa shape index (κ3) is 2.57. The Bertz CT molecular complexity index is 575. The van der Waals surface area contributed by atoms with Crippen LogP contribution in [0.5, 0.6) is 0 Å². The first-order valence-electron chi connectivity index (χ1n) is 4.87. The first-order chi connectivity index (χ1) is 8.16. The zero-order chi connectivity index (χ0) is 12.3. The van der Waals surface area contributed by atoms with Crippen LogP contribution in [-0.2, 0) is 4.79 Å². The topological polar surface area (TPSA) is 66.0 Å². The highest BCUT2D eigenvalue weighted by Gasteiger charge is 2.06. The number of nitrogens with one attached hydrogen (secondary N) is 1. The number of carbonyl (C=O) groups is 1. The van der Waals surface area contributed by atoms with Crippen molar-refractivity contribution in [2.24, 2.45) is 0 Å². The number of aromatic nitrogens is 2. The lowest BCUT2D eigenvalue weighted by molar-refractivity contribution is -0.131. The van der Waals surface area contributed by atoms with Gasteiger partial charge >= 0.3 is 5.97 Å². The summed E-state index contributed by atoms with van der Waals surface area (Å²) in [7, 11) is 0. The number of carboxylic acids is 1. The SMILES string of the molecule is O=C(O)/C=C/c1cn[nH]c1-c1cccc(F)c1. The summed E-state index contributed by atoms with van der Waals surface area (Å²) in [6.45, 7) is 0. The zero-order valence-electron chi connectivity index (χ0n) is 8.72. The Morgan fingerprint density at radius 1 is 1.47 bits per heavy atom. The Kier molecular flexibility index (Phi) is 3.00. The molecule has 0 atom stereocenters. The van der Waals surface area contributed by atoms with Gasteiger partial charge in [0, 0.05) is 17.2 Å². The Balaban J connectivity index is 2.40. The van der Waals surface area contributed by atoms with Gasteiger partial charge in [0.1, 0.15) is 5.82 Å². The highest BCUT2D eigenvalue weighted by Crippen LogP contribution is 2.22. The van der Waals surface area contributed by atoms with Gasteiger partial charge < -0.3 is 5.11 Å². The molecule has 17 heavy (non-hydrogen) atoms. The minimum absolute atomic E-state index is 0.356. The molecule has 0 amide bonds. The van der Waals surface area contributed by atoms with Crippen molar-refractivity contribution in [3.05, 3.63) is 47.9 Å². The van der Waals surface area contributed by atoms with Gasteiger partial charge in [-0.1, -0.05) is 12.1 Å². The van der Waals surface area contributed by atoms with Crippen LogP contribution < -0.4 is 0 Å². The Hall–Kier alpha value is -2.43. The molecule has 2 rings (SSSR count). The van der Waals surface area contributed by atoms with E-state index in [4.69, 9.17) is 5.11 Å². The second-order valence-corrected chi connectivity index (χ2v) is 3.38. The van der Waals surface area contributed by atoms with Gasteiger partial charge in [0.25, 0.3) is 0 Å². The van der Waals surface area contributed by atoms with Crippen LogP contribution in [0.2, 0.25) is 0 Å². The first-order valence-corrected chi connectivity index (χ1v) is 4.87. The van der Waals surface area contributed by atoms with Crippen LogP contribution in [0.15, 0.2) is 36.5 Å². The standard InChI is InChI=1S/C12H9FN2O2/c13-10-3-1-2-8(6-10)12-9(7-14-15-12)4-5-11(16)17/h1-7H,(H,14,15)(H,16,17)/b5-4+. The molecule has 0 saturated carbocycles. The molecule has 1 aromatic carbocycles. The largest absolute Gasteiger partial charge is 0.478 e. The summed E-state index contributed by atoms with van der Waals surface area (Å²) >= 11 is 0. The van der Waals surface area contributed by atoms with Crippen molar-refractivity contribution in [3.8, 4) is 11.3 Å². The molecular weight excluding hydrogens is 223 g/mol. The van der Waals surface area contributed by atoms with E-state index in [0.29, 0.717) is 16.8 Å². The molecule has 86 valence electrons. The van der Waals surface area contributed by atoms with Crippen molar-refractivity contribution in [3.63, 3.8) is 0 Å². The van der Waals surface area contributed by atoms with Gasteiger partial charge in [-0.05, 0) is 18.2 Å². The van der Waals surface area contributed by atoms with E-state index in [9.17, 15) is 9.18 Å². The summed E-state index contributed by atoms with van der Waals surface area (Å²) < 4.78 is 13.1. The van der Waals surface area contributed by atoms with Gasteiger partial charge in [-0.3, -0.25) is 5.10 Å². The molecule has 5 heteroatoms. The maximum atomic E-state index is 13.1. The fourth-order valence-electron chi connectivity index (χ4n) is 1.46. The predicted molar refractivity (Wildman–Crippen MR) is 60.7 cm³/mol. The van der Waals surface area contributed by atoms with E-state index in [1.54, 1.807) is 12.1 Å². The van der Waals surface area contributed by atoms with Gasteiger partial charge in [-0.25, -0.2) is 9.18 Å². The number of carboxylic acid groups (broad SMARTS) is 1. The Morgan fingerprint density at radius 3 is 3.00 bits per heavy atom. The van der Waals surface area contributed by atoms with Gasteiger partial charge in [0.2, 0.25) is 0 Å². The third-order valence-electron chi connectivity index (χ3n) is 2.19. The summed E-state index contributed by atoms with van der Waals surface area (Å²) in [5.41, 5.74) is 1.80. The van der Waals surface area contributed by atoms with E-state index in [1.165, 1.54) is 24.4 Å². The highest BCUT2D eigenvalue weighted by atomic mass is 19.1. The van der Waals surface area contributed by atoms with E-state index in [2.05, 4.69) is 10.2 Å². The summed E-state index contributed by atoms with van der Waals surface area (Å²) in [6, 6.07) is 5.99. The fourth-order valence-corrected chi connectivity index (χ4v) is 1.46. The number of halogens is 1. The van der Waals surface area contributed by atoms with E-state index >= 15 is 0 Å². The number of benzene rings is 1. The van der Waals surface area contributed by atoms with Crippen LogP contribution >= 0.6 is 0 Å². The van der Waals surface area contributed by atoms with Crippen molar-refractivity contribution >= 4 is 12.0 Å². The number of rotatable bonds is 3. The molecule has 0 unspecified atom stereocenters. The van der Waals surface area contributed by atoms with Crippen LogP contribution in [0.4, 0.5) is 4.39 Å². The van der Waals surface area contributed by atoms with Crippen LogP contribution in [0.3, 0.4) is 0 Å². The molecule has 2 N–H and O–H groups in total. The zero-order valence-corrected chi connectivity index (χ0v) is 8.72. The lowest BCUT2D eigenvalue weighted by atomic mass is 10.1. The van der Waals surface area contributed by atoms with Gasteiger partial charge in [0.15, 0.2) is 0 Å². The van der Waals surface area contributed by atoms with Gasteiger partial charge in [0.05, 0.1) is 11.9 Å². The quantitative estimate of drug-likeness (QED) is 0.798. The summed E-state index contributed by atoms with van der Waals surface area (Å²) in [4.78, 5) is 10.4. The van der Waals surface area contributed by atoms with Crippen molar-refractivity contribution in [1.29, 1.82) is 0 Å². The molecule has 0 saturated heterocycles. The molecule has 0 spiro atoms. The number of aliphatic carboxylic acids is 1. The molecule has 0 fully saturated rings. The molecule has 1 aromatic heterocycles. The molecule has 0 aliphatic heterocycles. The first kappa shape index (κ1) is 11.1. The maximum Gasteiger partial charge on any atom is 0.328 e. The molecule has 1 heterocycles. The van der Waals surface area contributed by atoms with E-state index in [1.807, 2.05) is 0 Å². The number of nitrogens with zero attached hydrogens (tertiary/aromatic N) is 1. The molecule has 0 bridgehead atoms. The lowest BCUT2D eigenvalue weighted by Gasteiger charge is -1.99. The van der Waals surface area contributed by atoms with Gasteiger partial charge in [-0.15, -0.1) is 0 Å². The lowest BCUT2D eigenvalue weighted by Crippen LogP contribution is -1.87. The number of hydrogen-bond acceptors (Lipinski definition) is 2. The van der Waals surface area contributed by atoms with Crippen LogP contribution in [0.25, 0.3) is 17.3 Å². The van der Waals surface area contributed by atoms with E-state index < -0.39 is 5.97 Å². The third-order valence-corrected chi connectivity index (χ3v) is 2.19. The number of aromatic amines is 1. The van der Waals surface area contributed by atoms with Gasteiger partial charge in [-0.2, -0.15) is 5.10 Å². The molecule has 0 aliphatic carbocycles. The maximum absolute atomic E-state index is 13.1. The van der Waals surface area contributed by atoms with E-state index in [-0.39, 0.29) is 5.82 Å². The molecule has 2 aromatic rings. The minimum Gasteiger partial charge on any atom is -0.478 e. The molecule has 0 aliphatic rings. The van der Waals surface area contributed by atoms with E-state index in [0.717, 1.165) is 6.08 Å². The normalized spacial score (nSPS) is 10.9. The monoisotopic (exact) mass is 232 g/mol. The molecule has 0 radical (unpaired) electrons. The molecule has 4 nitrogen and oxygen atoms in total. The van der Waals surface area contributed by atoms with Crippen LogP contribution in [-0.4, -0.2) is 21.3 Å². The summed E-state index contributed by atoms with van der Waals surface area (Å²) in [5, 5.41) is 15.1. The summed E-state index contributed by atoms with van der Waals surface area (Å²) in [6.07, 6.45) is 3.90. The number of hydrogen-bond donors (Lipinski definition) is 2. The van der Waals surface area contributed by atoms with Crippen molar-refractivity contribution in [2.45, 2.75) is 0 Å². The van der Waals surface area contributed by atoms with Crippen molar-refractivity contribution < 1.29 is 14.3 Å². The average Bonchev–Trinajstić information content (AvgIpc) is 2.74. The van der Waals surface area contributed by atoms with Crippen LogP contribution in [0.1, 0.15) is 5.56 Å². The molecular formula is C12H9FN2O2. The van der Waals surface area contributed by atoms with Crippen LogP contribution in [0, 0.1) is 5.82 Å². The van der Waals surface area contributed by atoms with Crippen molar-refractivity contribution in [2.75, 3.05) is 0 Å². The Morgan fingerprint density at radius 2 is 2.29 bits per heavy atom. The second kappa shape index (κ2) is 4.61. The average molecular weight is 232 g/mol. The number of H-pyrrole nitrogens is 1. The fraction of sp³-hybridized carbons (Fsp3) is 0. The Labute approximate surface area is 96.4 Å². The second-order valence-electron chi connectivity index (χ2n) is 3.38. The predicted octanol–water partition coefficient (Wildman–Crippen LogP) is 2.31. The summed E-state index contributed by atoms with van der Waals surface area (Å²) in [5.74, 6) is -1.40. The highest BCUT2D eigenvalue weighted by molar-refractivity contribution is 5.87. The van der Waals surface area contributed by atoms with Crippen molar-refractivity contribution in [1.82, 2.24) is 10.2 Å². The minimum atomic E-state index is -1.05.